The van der Waals surface area contributed by atoms with Gasteiger partial charge in [-0.15, -0.1) is 0 Å². The van der Waals surface area contributed by atoms with Crippen molar-refractivity contribution in [1.82, 2.24) is 9.62 Å². The lowest BCUT2D eigenvalue weighted by atomic mass is 10.0. The molecule has 2 aliphatic heterocycles. The maximum atomic E-state index is 12.7. The summed E-state index contributed by atoms with van der Waals surface area (Å²) in [6.45, 7) is 3.52. The second kappa shape index (κ2) is 8.27. The zero-order valence-corrected chi connectivity index (χ0v) is 15.1. The Morgan fingerprint density at radius 1 is 1.32 bits per heavy atom. The number of hydrogen-bond acceptors (Lipinski definition) is 5. The van der Waals surface area contributed by atoms with Gasteiger partial charge in [0.1, 0.15) is 0 Å². The molecule has 8 heteroatoms. The molecule has 7 nitrogen and oxygen atoms in total. The van der Waals surface area contributed by atoms with Crippen LogP contribution in [0.3, 0.4) is 0 Å². The first-order valence-corrected chi connectivity index (χ1v) is 10.2. The van der Waals surface area contributed by atoms with Crippen LogP contribution in [0.15, 0.2) is 29.2 Å². The predicted octanol–water partition coefficient (Wildman–Crippen LogP) is 1.04. The number of anilines is 1. The summed E-state index contributed by atoms with van der Waals surface area (Å²) in [5.74, 6) is 0.478. The number of nitrogens with one attached hydrogen (secondary N) is 2. The van der Waals surface area contributed by atoms with E-state index in [9.17, 15) is 13.2 Å². The fourth-order valence-electron chi connectivity index (χ4n) is 3.19. The maximum Gasteiger partial charge on any atom is 0.243 e. The van der Waals surface area contributed by atoms with Gasteiger partial charge in [0.2, 0.25) is 15.9 Å². The van der Waals surface area contributed by atoms with Crippen molar-refractivity contribution in [2.45, 2.75) is 24.2 Å². The molecule has 1 aromatic rings. The van der Waals surface area contributed by atoms with E-state index in [-0.39, 0.29) is 10.8 Å². The molecule has 2 heterocycles. The fraction of sp³-hybridized carbons (Fsp3) is 0.588. The highest BCUT2D eigenvalue weighted by Crippen LogP contribution is 2.21. The van der Waals surface area contributed by atoms with Crippen molar-refractivity contribution < 1.29 is 17.9 Å². The first kappa shape index (κ1) is 18.3. The van der Waals surface area contributed by atoms with Crippen LogP contribution in [0.2, 0.25) is 0 Å². The zero-order chi connectivity index (χ0) is 17.7. The smallest absolute Gasteiger partial charge is 0.243 e. The van der Waals surface area contributed by atoms with Gasteiger partial charge in [0, 0.05) is 25.2 Å². The van der Waals surface area contributed by atoms with Crippen molar-refractivity contribution in [2.75, 3.05) is 44.7 Å². The normalized spacial score (nSPS) is 22.0. The summed E-state index contributed by atoms with van der Waals surface area (Å²) in [5, 5.41) is 6.10. The minimum absolute atomic E-state index is 0.0761. The molecular formula is C17H25N3O4S. The molecule has 2 fully saturated rings. The number of carbonyl (C=O) groups is 1. The summed E-state index contributed by atoms with van der Waals surface area (Å²) in [6.07, 6.45) is 2.41. The Hall–Kier alpha value is -1.48. The summed E-state index contributed by atoms with van der Waals surface area (Å²) >= 11 is 0. The van der Waals surface area contributed by atoms with Crippen LogP contribution in [0.4, 0.5) is 5.69 Å². The van der Waals surface area contributed by atoms with Crippen LogP contribution in [0, 0.1) is 5.92 Å². The van der Waals surface area contributed by atoms with Gasteiger partial charge >= 0.3 is 0 Å². The molecule has 0 bridgehead atoms. The first-order valence-electron chi connectivity index (χ1n) is 8.74. The Morgan fingerprint density at radius 3 is 2.84 bits per heavy atom. The number of nitrogens with zero attached hydrogens (tertiary/aromatic N) is 1. The molecule has 0 aliphatic carbocycles. The van der Waals surface area contributed by atoms with Gasteiger partial charge < -0.3 is 15.4 Å². The van der Waals surface area contributed by atoms with Gasteiger partial charge in [0.25, 0.3) is 0 Å². The van der Waals surface area contributed by atoms with Crippen molar-refractivity contribution in [2.24, 2.45) is 5.92 Å². The Balaban J connectivity index is 1.61. The number of ether oxygens (including phenoxy) is 1. The van der Waals surface area contributed by atoms with Crippen molar-refractivity contribution in [3.05, 3.63) is 24.3 Å². The molecule has 0 spiro atoms. The molecule has 3 rings (SSSR count). The first-order chi connectivity index (χ1) is 12.1. The van der Waals surface area contributed by atoms with Crippen molar-refractivity contribution in [3.8, 4) is 0 Å². The molecule has 25 heavy (non-hydrogen) atoms. The lowest BCUT2D eigenvalue weighted by Crippen LogP contribution is -2.40. The molecule has 1 aromatic carbocycles. The Kier molecular flexibility index (Phi) is 6.06. The topological polar surface area (TPSA) is 87.7 Å². The minimum Gasteiger partial charge on any atom is -0.379 e. The monoisotopic (exact) mass is 367 g/mol. The van der Waals surface area contributed by atoms with E-state index >= 15 is 0 Å². The third-order valence-electron chi connectivity index (χ3n) is 4.67. The van der Waals surface area contributed by atoms with Crippen LogP contribution in [-0.4, -0.2) is 58.0 Å². The average Bonchev–Trinajstić information content (AvgIpc) is 3.14. The van der Waals surface area contributed by atoms with Gasteiger partial charge in [-0.2, -0.15) is 4.31 Å². The van der Waals surface area contributed by atoms with Gasteiger partial charge in [-0.25, -0.2) is 8.42 Å². The van der Waals surface area contributed by atoms with E-state index in [4.69, 9.17) is 4.74 Å². The largest absolute Gasteiger partial charge is 0.379 e. The summed E-state index contributed by atoms with van der Waals surface area (Å²) < 4.78 is 32.0. The van der Waals surface area contributed by atoms with Crippen molar-refractivity contribution in [1.29, 1.82) is 0 Å². The average molecular weight is 367 g/mol. The number of benzene rings is 1. The Bertz CT molecular complexity index is 696. The van der Waals surface area contributed by atoms with Gasteiger partial charge in [-0.1, -0.05) is 6.07 Å². The Morgan fingerprint density at radius 2 is 2.12 bits per heavy atom. The predicted molar refractivity (Wildman–Crippen MR) is 94.9 cm³/mol. The number of carbonyl (C=O) groups excluding carboxylic acids is 1. The van der Waals surface area contributed by atoms with E-state index in [0.717, 1.165) is 25.9 Å². The Labute approximate surface area is 148 Å². The summed E-state index contributed by atoms with van der Waals surface area (Å²) in [6, 6.07) is 6.46. The molecule has 138 valence electrons. The maximum absolute atomic E-state index is 12.7. The van der Waals surface area contributed by atoms with E-state index < -0.39 is 10.0 Å². The highest BCUT2D eigenvalue weighted by molar-refractivity contribution is 7.89. The molecule has 1 unspecified atom stereocenters. The van der Waals surface area contributed by atoms with Crippen LogP contribution in [0.1, 0.15) is 19.3 Å². The third kappa shape index (κ3) is 4.78. The second-order valence-corrected chi connectivity index (χ2v) is 8.43. The molecule has 2 saturated heterocycles. The minimum atomic E-state index is -3.55. The molecule has 0 saturated carbocycles. The van der Waals surface area contributed by atoms with E-state index in [1.807, 2.05) is 0 Å². The fourth-order valence-corrected chi connectivity index (χ4v) is 4.64. The van der Waals surface area contributed by atoms with Crippen LogP contribution in [-0.2, 0) is 19.6 Å². The third-order valence-corrected chi connectivity index (χ3v) is 6.56. The highest BCUT2D eigenvalue weighted by atomic mass is 32.2. The highest BCUT2D eigenvalue weighted by Gasteiger charge is 2.26. The summed E-state index contributed by atoms with van der Waals surface area (Å²) in [4.78, 5) is 12.3. The second-order valence-electron chi connectivity index (χ2n) is 6.49. The molecule has 1 amide bonds. The SMILES string of the molecule is O=C(CCC1CCNC1)Nc1cccc(S(=O)(=O)N2CCOCC2)c1. The number of rotatable bonds is 6. The van der Waals surface area contributed by atoms with Crippen LogP contribution < -0.4 is 10.6 Å². The van der Waals surface area contributed by atoms with Crippen LogP contribution in [0.25, 0.3) is 0 Å². The van der Waals surface area contributed by atoms with Gasteiger partial charge in [0.15, 0.2) is 0 Å². The molecule has 0 aromatic heterocycles. The van der Waals surface area contributed by atoms with E-state index in [1.165, 1.54) is 10.4 Å². The molecule has 2 N–H and O–H groups in total. The molecule has 1 atom stereocenters. The van der Waals surface area contributed by atoms with E-state index in [0.29, 0.717) is 44.3 Å². The summed E-state index contributed by atoms with van der Waals surface area (Å²) in [5.41, 5.74) is 0.517. The number of amides is 1. The van der Waals surface area contributed by atoms with E-state index in [2.05, 4.69) is 10.6 Å². The zero-order valence-electron chi connectivity index (χ0n) is 14.2. The van der Waals surface area contributed by atoms with Gasteiger partial charge in [-0.3, -0.25) is 4.79 Å². The number of morpholine rings is 1. The molecule has 2 aliphatic rings. The quantitative estimate of drug-likeness (QED) is 0.784. The van der Waals surface area contributed by atoms with Gasteiger partial charge in [-0.05, 0) is 50.0 Å². The van der Waals surface area contributed by atoms with Gasteiger partial charge in [0.05, 0.1) is 18.1 Å². The number of hydrogen-bond donors (Lipinski definition) is 2. The van der Waals surface area contributed by atoms with Crippen molar-refractivity contribution in [3.63, 3.8) is 0 Å². The molecular weight excluding hydrogens is 342 g/mol. The summed E-state index contributed by atoms with van der Waals surface area (Å²) in [7, 11) is -3.55. The lowest BCUT2D eigenvalue weighted by Gasteiger charge is -2.26. The van der Waals surface area contributed by atoms with Crippen molar-refractivity contribution >= 4 is 21.6 Å². The molecule has 0 radical (unpaired) electrons. The lowest BCUT2D eigenvalue weighted by molar-refractivity contribution is -0.116. The standard InChI is InChI=1S/C17H25N3O4S/c21-17(5-4-14-6-7-18-13-14)19-15-2-1-3-16(12-15)25(22,23)20-8-10-24-11-9-20/h1-3,12,14,18H,4-11,13H2,(H,19,21). The van der Waals surface area contributed by atoms with Crippen LogP contribution in [0.5, 0.6) is 0 Å². The van der Waals surface area contributed by atoms with Crippen LogP contribution >= 0.6 is 0 Å². The van der Waals surface area contributed by atoms with E-state index in [1.54, 1.807) is 18.2 Å². The number of sulfonamides is 1.